The van der Waals surface area contributed by atoms with Crippen LogP contribution in [0.15, 0.2) is 54.1 Å². The fraction of sp³-hybridized carbons (Fsp3) is 0.220. The number of cyclic esters (lactones) is 1. The largest absolute Gasteiger partial charge is 0.504 e. The van der Waals surface area contributed by atoms with Crippen LogP contribution in [0, 0.1) is 0 Å². The van der Waals surface area contributed by atoms with Crippen molar-refractivity contribution < 1.29 is 133 Å². The maximum Gasteiger partial charge on any atom is 0.340 e. The van der Waals surface area contributed by atoms with Crippen LogP contribution in [0.1, 0.15) is 52.9 Å². The van der Waals surface area contributed by atoms with Crippen molar-refractivity contribution in [3.8, 4) is 69.0 Å². The monoisotopic (exact) mass is 954 g/mol. The fourth-order valence-corrected chi connectivity index (χ4v) is 7.59. The van der Waals surface area contributed by atoms with Gasteiger partial charge in [0.1, 0.15) is 12.7 Å². The van der Waals surface area contributed by atoms with Gasteiger partial charge in [0.2, 0.25) is 23.9 Å². The Kier molecular flexibility index (Phi) is 10.7. The van der Waals surface area contributed by atoms with Gasteiger partial charge in [-0.05, 0) is 48.5 Å². The summed E-state index contributed by atoms with van der Waals surface area (Å²) < 4.78 is 38.6. The Morgan fingerprint density at radius 2 is 1.01 bits per heavy atom. The van der Waals surface area contributed by atoms with E-state index in [0.29, 0.717) is 42.5 Å². The molecule has 0 amide bonds. The predicted octanol–water partition coefficient (Wildman–Crippen LogP) is -1.08. The number of ketones is 1. The molecule has 7 atom stereocenters. The molecule has 3 heterocycles. The number of hydrogen-bond donors (Lipinski definition) is 14. The fourth-order valence-electron chi connectivity index (χ4n) is 7.59. The zero-order valence-corrected chi connectivity index (χ0v) is 33.4. The first-order valence-electron chi connectivity index (χ1n) is 19.0. The maximum absolute atomic E-state index is 14.7. The first-order chi connectivity index (χ1) is 31.8. The average molecular weight is 955 g/mol. The number of rotatable bonds is 6. The maximum atomic E-state index is 14.7. The second kappa shape index (κ2) is 15.9. The van der Waals surface area contributed by atoms with Gasteiger partial charge in [-0.3, -0.25) is 4.79 Å². The van der Waals surface area contributed by atoms with Crippen molar-refractivity contribution >= 4 is 35.6 Å². The number of ether oxygens (including phenoxy) is 7. The number of esters is 5. The number of aliphatic hydroxyl groups is 3. The molecule has 4 aromatic carbocycles. The van der Waals surface area contributed by atoms with Crippen molar-refractivity contribution in [1.29, 1.82) is 0 Å². The van der Waals surface area contributed by atoms with E-state index in [1.165, 1.54) is 0 Å². The third-order valence-electron chi connectivity index (χ3n) is 10.9. The second-order valence-electron chi connectivity index (χ2n) is 15.1. The van der Waals surface area contributed by atoms with Crippen molar-refractivity contribution in [2.45, 2.75) is 48.2 Å². The Morgan fingerprint density at radius 1 is 0.574 bits per heavy atom. The zero-order chi connectivity index (χ0) is 49.6. The van der Waals surface area contributed by atoms with E-state index in [0.717, 1.165) is 0 Å². The Hall–Kier alpha value is -8.92. The average Bonchev–Trinajstić information content (AvgIpc) is 3.27. The Bertz CT molecular complexity index is 2870. The molecule has 0 radical (unpaired) electrons. The van der Waals surface area contributed by atoms with E-state index in [9.17, 15) is 100 Å². The summed E-state index contributed by atoms with van der Waals surface area (Å²) in [5.41, 5.74) is -5.58. The second-order valence-corrected chi connectivity index (χ2v) is 15.1. The number of phenols is 11. The number of hydrogen-bond acceptors (Lipinski definition) is 27. The third-order valence-corrected chi connectivity index (χ3v) is 10.9. The van der Waals surface area contributed by atoms with Crippen molar-refractivity contribution in [3.05, 3.63) is 81.9 Å². The van der Waals surface area contributed by atoms with Crippen LogP contribution >= 0.6 is 0 Å². The van der Waals surface area contributed by atoms with Crippen LogP contribution in [-0.4, -0.2) is 156 Å². The molecular formula is C41H30O27. The number of benzene rings is 4. The summed E-state index contributed by atoms with van der Waals surface area (Å²) in [6.45, 7) is -1.29. The molecule has 356 valence electrons. The SMILES string of the molecule is O=C1O[C@@H]2[C@@H](OC(=O)c3cc(O)c(O)c(O)c3)[C@H](OC(=O)c3cc(O)c(O)c(O)c3)O[C@H](COC(=O)c3cc(O)c(O)c4c3[C@H]3C1=CC(=O)[C@@](O)(O4)C3(O)O)[C@H]2OC(=O)c1cc(O)c(O)c(O)c1. The quantitative estimate of drug-likeness (QED) is 0.0473. The highest BCUT2D eigenvalue weighted by Gasteiger charge is 2.70. The van der Waals surface area contributed by atoms with E-state index in [1.54, 1.807) is 0 Å². The molecule has 68 heavy (non-hydrogen) atoms. The van der Waals surface area contributed by atoms with Crippen LogP contribution < -0.4 is 4.74 Å². The zero-order valence-electron chi connectivity index (χ0n) is 33.4. The summed E-state index contributed by atoms with van der Waals surface area (Å²) in [4.78, 5) is 83.7. The van der Waals surface area contributed by atoms with Gasteiger partial charge in [-0.15, -0.1) is 0 Å². The van der Waals surface area contributed by atoms with E-state index < -0.39 is 193 Å². The molecule has 1 fully saturated rings. The molecule has 0 aromatic heterocycles. The lowest BCUT2D eigenvalue weighted by Crippen LogP contribution is -2.70. The van der Waals surface area contributed by atoms with E-state index in [2.05, 4.69) is 0 Å². The highest BCUT2D eigenvalue weighted by atomic mass is 16.7. The van der Waals surface area contributed by atoms with Crippen LogP contribution in [0.4, 0.5) is 0 Å². The van der Waals surface area contributed by atoms with Crippen molar-refractivity contribution in [2.75, 3.05) is 6.61 Å². The summed E-state index contributed by atoms with van der Waals surface area (Å²) in [6.07, 6.45) is -12.2. The van der Waals surface area contributed by atoms with Crippen molar-refractivity contribution in [1.82, 2.24) is 0 Å². The molecule has 0 spiro atoms. The first-order valence-corrected chi connectivity index (χ1v) is 19.0. The molecule has 0 saturated carbocycles. The van der Waals surface area contributed by atoms with Gasteiger partial charge >= 0.3 is 35.6 Å². The van der Waals surface area contributed by atoms with Gasteiger partial charge in [-0.1, -0.05) is 0 Å². The third kappa shape index (κ3) is 7.18. The summed E-state index contributed by atoms with van der Waals surface area (Å²) >= 11 is 0. The minimum absolute atomic E-state index is 0.218. The van der Waals surface area contributed by atoms with Gasteiger partial charge in [0, 0.05) is 5.56 Å². The number of carbonyl (C=O) groups excluding carboxylic acids is 6. The minimum atomic E-state index is -4.01. The molecule has 3 aliphatic heterocycles. The van der Waals surface area contributed by atoms with E-state index in [-0.39, 0.29) is 6.08 Å². The normalized spacial score (nSPS) is 24.6. The lowest BCUT2D eigenvalue weighted by molar-refractivity contribution is -0.339. The summed E-state index contributed by atoms with van der Waals surface area (Å²) in [5.74, 6) is -34.6. The Balaban J connectivity index is 1.33. The Morgan fingerprint density at radius 3 is 1.50 bits per heavy atom. The van der Waals surface area contributed by atoms with Gasteiger partial charge in [-0.25, -0.2) is 24.0 Å². The van der Waals surface area contributed by atoms with Gasteiger partial charge in [0.05, 0.1) is 33.7 Å². The van der Waals surface area contributed by atoms with E-state index >= 15 is 0 Å². The van der Waals surface area contributed by atoms with Crippen molar-refractivity contribution in [2.24, 2.45) is 0 Å². The molecule has 4 bridgehead atoms. The van der Waals surface area contributed by atoms with Crippen LogP contribution in [0.2, 0.25) is 0 Å². The summed E-state index contributed by atoms with van der Waals surface area (Å²) in [5, 5.41) is 146. The predicted molar refractivity (Wildman–Crippen MR) is 205 cm³/mol. The molecule has 4 aromatic rings. The van der Waals surface area contributed by atoms with Crippen LogP contribution in [0.25, 0.3) is 0 Å². The molecule has 14 N–H and O–H groups in total. The lowest BCUT2D eigenvalue weighted by atomic mass is 9.70. The molecule has 27 heteroatoms. The molecule has 0 unspecified atom stereocenters. The molecule has 27 nitrogen and oxygen atoms in total. The molecule has 1 saturated heterocycles. The number of aromatic hydroxyl groups is 11. The topological polar surface area (TPSA) is 450 Å². The molecule has 4 aliphatic rings. The minimum Gasteiger partial charge on any atom is -0.504 e. The number of carbonyl (C=O) groups is 6. The molecular weight excluding hydrogens is 924 g/mol. The highest BCUT2D eigenvalue weighted by Crippen LogP contribution is 2.58. The molecule has 1 aliphatic carbocycles. The van der Waals surface area contributed by atoms with Crippen LogP contribution in [0.5, 0.6) is 69.0 Å². The van der Waals surface area contributed by atoms with E-state index in [4.69, 9.17) is 33.2 Å². The van der Waals surface area contributed by atoms with Gasteiger partial charge in [-0.2, -0.15) is 0 Å². The van der Waals surface area contributed by atoms with Crippen LogP contribution in [-0.2, 0) is 38.0 Å². The first kappa shape index (κ1) is 45.6. The Labute approximate surface area is 374 Å². The summed E-state index contributed by atoms with van der Waals surface area (Å²) in [6, 6.07) is 3.72. The van der Waals surface area contributed by atoms with Gasteiger partial charge in [0.15, 0.2) is 75.5 Å². The van der Waals surface area contributed by atoms with Gasteiger partial charge < -0.3 is 105 Å². The number of phenolic OH excluding ortho intramolecular Hbond substituents is 11. The van der Waals surface area contributed by atoms with E-state index in [1.807, 2.05) is 0 Å². The van der Waals surface area contributed by atoms with Crippen LogP contribution in [0.3, 0.4) is 0 Å². The molecule has 8 rings (SSSR count). The smallest absolute Gasteiger partial charge is 0.340 e. The van der Waals surface area contributed by atoms with Crippen molar-refractivity contribution in [3.63, 3.8) is 0 Å². The standard InChI is InChI=1S/C41H30O27/c42-15-1-10(2-16(43)26(15)50)34(54)64-30-22-9-62-37(57)13-7-21(48)29(53)31-24(13)25-14(8-23(49)41(61,68-31)40(25,59)60)38(58)65-32(30)33(66-35(55)11-3-17(44)27(51)18(45)4-11)39(63-22)67-36(56)12-5-19(46)28(52)20(47)6-12/h1-8,22,25,30,32-33,39,42-48,50-53,59-61H,9H2/t22-,25-,30-,32+,33-,39+,41-/m1/s1. The lowest BCUT2D eigenvalue weighted by Gasteiger charge is -2.50. The number of fused-ring (bicyclic) bond motifs is 3. The summed E-state index contributed by atoms with van der Waals surface area (Å²) in [7, 11) is 0. The highest BCUT2D eigenvalue weighted by molar-refractivity contribution is 6.08. The van der Waals surface area contributed by atoms with Gasteiger partial charge in [0.25, 0.3) is 5.79 Å².